The van der Waals surface area contributed by atoms with Crippen molar-refractivity contribution in [3.63, 3.8) is 0 Å². The van der Waals surface area contributed by atoms with Crippen LogP contribution in [0.4, 0.5) is 0 Å². The summed E-state index contributed by atoms with van der Waals surface area (Å²) < 4.78 is 0. The Bertz CT molecular complexity index is 265. The van der Waals surface area contributed by atoms with Crippen molar-refractivity contribution in [1.82, 2.24) is 0 Å². The molecule has 4 N–H and O–H groups in total. The Morgan fingerprint density at radius 3 is 1.58 bits per heavy atom. The molecule has 0 saturated carbocycles. The maximum atomic E-state index is 10.8. The summed E-state index contributed by atoms with van der Waals surface area (Å²) in [5.41, 5.74) is 3.26. The van der Waals surface area contributed by atoms with E-state index in [2.05, 4.69) is 6.92 Å². The molecule has 5 nitrogen and oxygen atoms in total. The van der Waals surface area contributed by atoms with Gasteiger partial charge in [0.2, 0.25) is 5.54 Å². The quantitative estimate of drug-likeness (QED) is 0.375. The van der Waals surface area contributed by atoms with Gasteiger partial charge in [-0.1, -0.05) is 64.7 Å². The summed E-state index contributed by atoms with van der Waals surface area (Å²) in [5.74, 6) is -2.92. The first-order valence-electron chi connectivity index (χ1n) is 7.20. The van der Waals surface area contributed by atoms with Crippen molar-refractivity contribution < 1.29 is 19.8 Å². The molecule has 0 aliphatic rings. The highest BCUT2D eigenvalue weighted by atomic mass is 16.4. The molecule has 0 unspecified atom stereocenters. The van der Waals surface area contributed by atoms with Gasteiger partial charge in [0.25, 0.3) is 0 Å². The van der Waals surface area contributed by atoms with Gasteiger partial charge in [0.15, 0.2) is 0 Å². The predicted molar refractivity (Wildman–Crippen MR) is 74.0 cm³/mol. The number of hydrogen-bond donors (Lipinski definition) is 3. The summed E-state index contributed by atoms with van der Waals surface area (Å²) in [6, 6.07) is 0. The molecule has 112 valence electrons. The summed E-state index contributed by atoms with van der Waals surface area (Å²) >= 11 is 0. The molecule has 0 aliphatic heterocycles. The Kier molecular flexibility index (Phi) is 9.21. The topological polar surface area (TPSA) is 101 Å². The second-order valence-electron chi connectivity index (χ2n) is 5.16. The van der Waals surface area contributed by atoms with Gasteiger partial charge >= 0.3 is 11.9 Å². The van der Waals surface area contributed by atoms with Gasteiger partial charge < -0.3 is 15.9 Å². The lowest BCUT2D eigenvalue weighted by molar-refractivity contribution is -0.157. The molecule has 0 aromatic carbocycles. The molecule has 0 amide bonds. The first-order chi connectivity index (χ1) is 8.95. The standard InChI is InChI=1S/C14H27NO4/c1-2-3-4-5-6-7-8-9-10-11-14(15,12(16)17)13(18)19/h2-11,15H2,1H3,(H,16,17)(H,18,19). The van der Waals surface area contributed by atoms with Gasteiger partial charge in [-0.05, 0) is 6.42 Å². The Balaban J connectivity index is 3.62. The molecule has 0 heterocycles. The predicted octanol–water partition coefficient (Wildman–Crippen LogP) is 2.77. The Hall–Kier alpha value is -1.10. The Labute approximate surface area is 115 Å². The molecular formula is C14H27NO4. The van der Waals surface area contributed by atoms with Crippen molar-refractivity contribution in [3.8, 4) is 0 Å². The van der Waals surface area contributed by atoms with Crippen molar-refractivity contribution in [2.45, 2.75) is 76.7 Å². The maximum absolute atomic E-state index is 10.8. The second-order valence-corrected chi connectivity index (χ2v) is 5.16. The Morgan fingerprint density at radius 2 is 1.21 bits per heavy atom. The van der Waals surface area contributed by atoms with Crippen LogP contribution in [0.2, 0.25) is 0 Å². The number of carbonyl (C=O) groups is 2. The zero-order valence-electron chi connectivity index (χ0n) is 11.9. The third-order valence-electron chi connectivity index (χ3n) is 3.44. The largest absolute Gasteiger partial charge is 0.479 e. The first kappa shape index (κ1) is 17.9. The van der Waals surface area contributed by atoms with E-state index in [1.54, 1.807) is 0 Å². The zero-order valence-corrected chi connectivity index (χ0v) is 11.9. The minimum absolute atomic E-state index is 0.00645. The van der Waals surface area contributed by atoms with Gasteiger partial charge in [0, 0.05) is 0 Å². The van der Waals surface area contributed by atoms with Crippen molar-refractivity contribution >= 4 is 11.9 Å². The van der Waals surface area contributed by atoms with Crippen LogP contribution in [0.5, 0.6) is 0 Å². The molecule has 0 aromatic rings. The highest BCUT2D eigenvalue weighted by molar-refractivity contribution is 6.02. The molecular weight excluding hydrogens is 246 g/mol. The lowest BCUT2D eigenvalue weighted by atomic mass is 9.93. The summed E-state index contributed by atoms with van der Waals surface area (Å²) in [6.45, 7) is 2.18. The van der Waals surface area contributed by atoms with E-state index in [0.29, 0.717) is 6.42 Å². The normalized spacial score (nSPS) is 11.5. The van der Waals surface area contributed by atoms with Crippen molar-refractivity contribution in [3.05, 3.63) is 0 Å². The molecule has 5 heteroatoms. The van der Waals surface area contributed by atoms with E-state index in [9.17, 15) is 9.59 Å². The van der Waals surface area contributed by atoms with E-state index in [-0.39, 0.29) is 6.42 Å². The molecule has 0 fully saturated rings. The van der Waals surface area contributed by atoms with Crippen LogP contribution < -0.4 is 5.73 Å². The van der Waals surface area contributed by atoms with Crippen LogP contribution in [0.1, 0.15) is 71.1 Å². The van der Waals surface area contributed by atoms with Crippen molar-refractivity contribution in [2.75, 3.05) is 0 Å². The first-order valence-corrected chi connectivity index (χ1v) is 7.20. The van der Waals surface area contributed by atoms with Crippen molar-refractivity contribution in [2.24, 2.45) is 5.73 Å². The van der Waals surface area contributed by atoms with Crippen LogP contribution in [0.15, 0.2) is 0 Å². The van der Waals surface area contributed by atoms with Gasteiger partial charge in [-0.3, -0.25) is 0 Å². The van der Waals surface area contributed by atoms with E-state index in [4.69, 9.17) is 15.9 Å². The molecule has 0 radical (unpaired) electrons. The summed E-state index contributed by atoms with van der Waals surface area (Å²) in [6.07, 6.45) is 9.77. The molecule has 0 atom stereocenters. The van der Waals surface area contributed by atoms with Gasteiger partial charge in [0.1, 0.15) is 0 Å². The van der Waals surface area contributed by atoms with E-state index in [1.165, 1.54) is 32.1 Å². The smallest absolute Gasteiger partial charge is 0.335 e. The number of carboxylic acids is 2. The summed E-state index contributed by atoms with van der Waals surface area (Å²) in [5, 5.41) is 17.6. The molecule has 0 aromatic heterocycles. The summed E-state index contributed by atoms with van der Waals surface area (Å²) in [4.78, 5) is 21.6. The number of rotatable bonds is 12. The second kappa shape index (κ2) is 9.78. The fraction of sp³-hybridized carbons (Fsp3) is 0.857. The highest BCUT2D eigenvalue weighted by Gasteiger charge is 2.41. The number of aliphatic carboxylic acids is 2. The van der Waals surface area contributed by atoms with Crippen LogP contribution in [0.25, 0.3) is 0 Å². The summed E-state index contributed by atoms with van der Waals surface area (Å²) in [7, 11) is 0. The lowest BCUT2D eigenvalue weighted by Crippen LogP contribution is -2.54. The monoisotopic (exact) mass is 273 g/mol. The number of nitrogens with two attached hydrogens (primary N) is 1. The maximum Gasteiger partial charge on any atom is 0.335 e. The van der Waals surface area contributed by atoms with E-state index in [0.717, 1.165) is 19.3 Å². The number of carboxylic acid groups (broad SMARTS) is 2. The Morgan fingerprint density at radius 1 is 0.842 bits per heavy atom. The molecule has 0 aliphatic carbocycles. The van der Waals surface area contributed by atoms with Gasteiger partial charge in [-0.15, -0.1) is 0 Å². The van der Waals surface area contributed by atoms with Crippen LogP contribution in [-0.4, -0.2) is 27.7 Å². The zero-order chi connectivity index (χ0) is 14.7. The average Bonchev–Trinajstić information content (AvgIpc) is 2.36. The van der Waals surface area contributed by atoms with Crippen LogP contribution in [0, 0.1) is 0 Å². The van der Waals surface area contributed by atoms with Crippen molar-refractivity contribution in [1.29, 1.82) is 0 Å². The van der Waals surface area contributed by atoms with E-state index in [1.807, 2.05) is 0 Å². The van der Waals surface area contributed by atoms with Gasteiger partial charge in [0.05, 0.1) is 0 Å². The third kappa shape index (κ3) is 7.15. The molecule has 19 heavy (non-hydrogen) atoms. The van der Waals surface area contributed by atoms with Crippen LogP contribution >= 0.6 is 0 Å². The van der Waals surface area contributed by atoms with Crippen LogP contribution in [-0.2, 0) is 9.59 Å². The van der Waals surface area contributed by atoms with E-state index < -0.39 is 17.5 Å². The van der Waals surface area contributed by atoms with Crippen LogP contribution in [0.3, 0.4) is 0 Å². The lowest BCUT2D eigenvalue weighted by Gasteiger charge is -2.19. The molecule has 0 spiro atoms. The fourth-order valence-electron chi connectivity index (χ4n) is 2.02. The minimum atomic E-state index is -2.12. The third-order valence-corrected chi connectivity index (χ3v) is 3.44. The average molecular weight is 273 g/mol. The molecule has 0 saturated heterocycles. The number of unbranched alkanes of at least 4 members (excludes halogenated alkanes) is 8. The minimum Gasteiger partial charge on any atom is -0.479 e. The SMILES string of the molecule is CCCCCCCCCCCC(N)(C(=O)O)C(=O)O. The van der Waals surface area contributed by atoms with Gasteiger partial charge in [-0.2, -0.15) is 0 Å². The van der Waals surface area contributed by atoms with Gasteiger partial charge in [-0.25, -0.2) is 9.59 Å². The van der Waals surface area contributed by atoms with E-state index >= 15 is 0 Å². The molecule has 0 rings (SSSR count). The molecule has 0 bridgehead atoms. The fourth-order valence-corrected chi connectivity index (χ4v) is 2.02. The number of hydrogen-bond acceptors (Lipinski definition) is 3. The highest BCUT2D eigenvalue weighted by Crippen LogP contribution is 2.15.